The van der Waals surface area contributed by atoms with Crippen molar-refractivity contribution < 1.29 is 22.4 Å². The van der Waals surface area contributed by atoms with Gasteiger partial charge in [-0.15, -0.1) is 0 Å². The number of rotatable bonds is 3. The Morgan fingerprint density at radius 2 is 2.09 bits per heavy atom. The van der Waals surface area contributed by atoms with Crippen molar-refractivity contribution in [3.05, 3.63) is 45.7 Å². The molecule has 1 aromatic heterocycles. The molecular weight excluding hydrogens is 322 g/mol. The first-order valence-electron chi connectivity index (χ1n) is 6.05. The summed E-state index contributed by atoms with van der Waals surface area (Å²) in [4.78, 5) is 14.4. The number of carbonyl (C=O) groups is 1. The molecule has 3 N–H and O–H groups in total. The Morgan fingerprint density at radius 1 is 1.41 bits per heavy atom. The first-order valence-corrected chi connectivity index (χ1v) is 6.87. The minimum absolute atomic E-state index is 0.0997. The predicted octanol–water partition coefficient (Wildman–Crippen LogP) is 3.12. The molecule has 0 aliphatic heterocycles. The quantitative estimate of drug-likeness (QED) is 0.848. The van der Waals surface area contributed by atoms with Crippen LogP contribution in [0.1, 0.15) is 26.5 Å². The van der Waals surface area contributed by atoms with Crippen LogP contribution in [0.4, 0.5) is 22.7 Å². The van der Waals surface area contributed by atoms with Crippen molar-refractivity contribution in [2.75, 3.05) is 5.73 Å². The molecule has 0 radical (unpaired) electrons. The van der Waals surface area contributed by atoms with Crippen LogP contribution >= 0.6 is 11.3 Å². The van der Waals surface area contributed by atoms with Gasteiger partial charge in [0, 0.05) is 6.54 Å². The van der Waals surface area contributed by atoms with E-state index in [1.165, 1.54) is 18.2 Å². The highest BCUT2D eigenvalue weighted by atomic mass is 32.1. The molecule has 22 heavy (non-hydrogen) atoms. The molecule has 0 aliphatic rings. The number of nitrogens with zero attached hydrogens (tertiary/aromatic N) is 1. The molecule has 2 aromatic rings. The van der Waals surface area contributed by atoms with E-state index in [9.17, 15) is 22.4 Å². The second-order valence-corrected chi connectivity index (χ2v) is 5.51. The highest BCUT2D eigenvalue weighted by molar-refractivity contribution is 7.17. The monoisotopic (exact) mass is 333 g/mol. The van der Waals surface area contributed by atoms with Crippen LogP contribution in [0.5, 0.6) is 0 Å². The molecule has 0 aliphatic carbocycles. The van der Waals surface area contributed by atoms with E-state index in [4.69, 9.17) is 5.73 Å². The molecule has 118 valence electrons. The van der Waals surface area contributed by atoms with E-state index in [-0.39, 0.29) is 11.7 Å². The Bertz CT molecular complexity index is 712. The number of amides is 1. The van der Waals surface area contributed by atoms with E-state index in [0.29, 0.717) is 22.5 Å². The molecule has 4 nitrogen and oxygen atoms in total. The second kappa shape index (κ2) is 5.91. The maximum absolute atomic E-state index is 13.1. The summed E-state index contributed by atoms with van der Waals surface area (Å²) in [5.41, 5.74) is 5.11. The third-order valence-electron chi connectivity index (χ3n) is 2.87. The maximum atomic E-state index is 13.1. The average Bonchev–Trinajstić information content (AvgIpc) is 2.82. The molecule has 0 unspecified atom stereocenters. The van der Waals surface area contributed by atoms with Gasteiger partial charge >= 0.3 is 6.18 Å². The predicted molar refractivity (Wildman–Crippen MR) is 73.8 cm³/mol. The van der Waals surface area contributed by atoms with E-state index < -0.39 is 28.5 Å². The van der Waals surface area contributed by atoms with Crippen molar-refractivity contribution in [2.24, 2.45) is 0 Å². The smallest absolute Gasteiger partial charge is 0.375 e. The number of nitrogens with two attached hydrogens (primary N) is 1. The van der Waals surface area contributed by atoms with Crippen LogP contribution < -0.4 is 11.1 Å². The topological polar surface area (TPSA) is 68.0 Å². The van der Waals surface area contributed by atoms with Gasteiger partial charge in [-0.05, 0) is 30.2 Å². The molecule has 1 aromatic carbocycles. The average molecular weight is 333 g/mol. The number of alkyl halides is 3. The molecule has 1 heterocycles. The Morgan fingerprint density at radius 3 is 2.73 bits per heavy atom. The molecule has 2 rings (SSSR count). The fourth-order valence-corrected chi connectivity index (χ4v) is 2.54. The first-order chi connectivity index (χ1) is 10.2. The number of hydrogen-bond acceptors (Lipinski definition) is 4. The summed E-state index contributed by atoms with van der Waals surface area (Å²) in [7, 11) is 0. The van der Waals surface area contributed by atoms with Crippen molar-refractivity contribution in [2.45, 2.75) is 19.6 Å². The molecule has 0 saturated heterocycles. The molecule has 9 heteroatoms. The van der Waals surface area contributed by atoms with Gasteiger partial charge in [-0.1, -0.05) is 17.4 Å². The molecule has 0 atom stereocenters. The lowest BCUT2D eigenvalue weighted by atomic mass is 10.1. The molecular formula is C13H11F4N3OS. The molecule has 0 spiro atoms. The fraction of sp³-hybridized carbons (Fsp3) is 0.231. The summed E-state index contributed by atoms with van der Waals surface area (Å²) in [6.45, 7) is 1.60. The van der Waals surface area contributed by atoms with Crippen LogP contribution in [0.2, 0.25) is 0 Å². The van der Waals surface area contributed by atoms with Gasteiger partial charge in [-0.25, -0.2) is 9.37 Å². The van der Waals surface area contributed by atoms with Gasteiger partial charge in [0.25, 0.3) is 5.91 Å². The van der Waals surface area contributed by atoms with Gasteiger partial charge < -0.3 is 11.1 Å². The van der Waals surface area contributed by atoms with Crippen molar-refractivity contribution >= 4 is 22.4 Å². The Hall–Kier alpha value is -2.16. The van der Waals surface area contributed by atoms with E-state index in [2.05, 4.69) is 10.3 Å². The van der Waals surface area contributed by atoms with Gasteiger partial charge in [0.15, 0.2) is 10.8 Å². The minimum atomic E-state index is -4.77. The Labute approximate surface area is 127 Å². The summed E-state index contributed by atoms with van der Waals surface area (Å²) >= 11 is 0.452. The van der Waals surface area contributed by atoms with Gasteiger partial charge in [0.1, 0.15) is 10.7 Å². The largest absolute Gasteiger partial charge is 0.435 e. The Kier molecular flexibility index (Phi) is 4.36. The highest BCUT2D eigenvalue weighted by Crippen LogP contribution is 2.35. The van der Waals surface area contributed by atoms with E-state index in [0.717, 1.165) is 0 Å². The summed E-state index contributed by atoms with van der Waals surface area (Å²) in [5.74, 6) is -1.45. The lowest BCUT2D eigenvalue weighted by molar-refractivity contribution is -0.141. The van der Waals surface area contributed by atoms with Crippen LogP contribution in [0.25, 0.3) is 0 Å². The standard InChI is InChI=1S/C13H11F4N3OS/c1-6-2-3-8(14)4-7(6)5-19-11(21)9-10(13(15,16)17)20-12(18)22-9/h2-4H,5H2,1H3,(H2,18,20)(H,19,21). The Balaban J connectivity index is 2.18. The molecule has 0 bridgehead atoms. The van der Waals surface area contributed by atoms with Gasteiger partial charge in [0.05, 0.1) is 0 Å². The summed E-state index contributed by atoms with van der Waals surface area (Å²) in [6, 6.07) is 3.98. The van der Waals surface area contributed by atoms with Gasteiger partial charge in [0.2, 0.25) is 0 Å². The summed E-state index contributed by atoms with van der Waals surface area (Å²) < 4.78 is 51.4. The molecule has 0 fully saturated rings. The van der Waals surface area contributed by atoms with Crippen molar-refractivity contribution in [1.29, 1.82) is 0 Å². The first kappa shape index (κ1) is 16.2. The van der Waals surface area contributed by atoms with Crippen LogP contribution in [-0.2, 0) is 12.7 Å². The molecule has 1 amide bonds. The zero-order valence-electron chi connectivity index (χ0n) is 11.3. The number of nitrogen functional groups attached to an aromatic ring is 1. The minimum Gasteiger partial charge on any atom is -0.375 e. The number of aryl methyl sites for hydroxylation is 1. The highest BCUT2D eigenvalue weighted by Gasteiger charge is 2.39. The SMILES string of the molecule is Cc1ccc(F)cc1CNC(=O)c1sc(N)nc1C(F)(F)F. The molecule has 0 saturated carbocycles. The third kappa shape index (κ3) is 3.53. The summed E-state index contributed by atoms with van der Waals surface area (Å²) in [6.07, 6.45) is -4.77. The van der Waals surface area contributed by atoms with Crippen molar-refractivity contribution in [1.82, 2.24) is 10.3 Å². The lowest BCUT2D eigenvalue weighted by Crippen LogP contribution is -2.25. The number of nitrogens with one attached hydrogen (secondary N) is 1. The fourth-order valence-electron chi connectivity index (χ4n) is 1.77. The number of aromatic nitrogens is 1. The summed E-state index contributed by atoms with van der Waals surface area (Å²) in [5, 5.41) is 1.97. The van der Waals surface area contributed by atoms with Crippen LogP contribution in [0.3, 0.4) is 0 Å². The van der Waals surface area contributed by atoms with Crippen LogP contribution in [-0.4, -0.2) is 10.9 Å². The van der Waals surface area contributed by atoms with E-state index in [1.54, 1.807) is 6.92 Å². The van der Waals surface area contributed by atoms with Gasteiger partial charge in [-0.2, -0.15) is 13.2 Å². The zero-order valence-corrected chi connectivity index (χ0v) is 12.1. The maximum Gasteiger partial charge on any atom is 0.435 e. The lowest BCUT2D eigenvalue weighted by Gasteiger charge is -2.09. The van der Waals surface area contributed by atoms with E-state index in [1.807, 2.05) is 0 Å². The number of carbonyl (C=O) groups excluding carboxylic acids is 1. The van der Waals surface area contributed by atoms with Gasteiger partial charge in [-0.3, -0.25) is 4.79 Å². The third-order valence-corrected chi connectivity index (χ3v) is 3.75. The second-order valence-electron chi connectivity index (χ2n) is 4.48. The van der Waals surface area contributed by atoms with Crippen LogP contribution in [0.15, 0.2) is 18.2 Å². The van der Waals surface area contributed by atoms with E-state index >= 15 is 0 Å². The number of benzene rings is 1. The van der Waals surface area contributed by atoms with Crippen LogP contribution in [0, 0.1) is 12.7 Å². The van der Waals surface area contributed by atoms with Crippen molar-refractivity contribution in [3.8, 4) is 0 Å². The zero-order chi connectivity index (χ0) is 16.5. The number of anilines is 1. The normalized spacial score (nSPS) is 11.5. The van der Waals surface area contributed by atoms with Crippen molar-refractivity contribution in [3.63, 3.8) is 0 Å². The number of hydrogen-bond donors (Lipinski definition) is 2. The number of thiazole rings is 1. The number of halogens is 4.